The van der Waals surface area contributed by atoms with E-state index in [2.05, 4.69) is 37.3 Å². The number of hydrogen-bond acceptors (Lipinski definition) is 6. The first-order valence-corrected chi connectivity index (χ1v) is 10.2. The quantitative estimate of drug-likeness (QED) is 0.406. The van der Waals surface area contributed by atoms with Gasteiger partial charge >= 0.3 is 0 Å². The van der Waals surface area contributed by atoms with Crippen LogP contribution in [0.1, 0.15) is 13.8 Å². The molecule has 1 aromatic heterocycles. The van der Waals surface area contributed by atoms with E-state index < -0.39 is 0 Å². The van der Waals surface area contributed by atoms with Gasteiger partial charge in [-0.15, -0.1) is 0 Å². The SMILES string of the molecule is CCNC(=NCCOc1cccc(NC(C)=O)c1)N1CCN(c2ncccn2)CC1. The van der Waals surface area contributed by atoms with Gasteiger partial charge in [0.2, 0.25) is 11.9 Å². The minimum absolute atomic E-state index is 0.106. The van der Waals surface area contributed by atoms with E-state index in [0.717, 1.165) is 50.3 Å². The molecule has 1 saturated heterocycles. The lowest BCUT2D eigenvalue weighted by atomic mass is 10.3. The van der Waals surface area contributed by atoms with Crippen molar-refractivity contribution in [2.45, 2.75) is 13.8 Å². The molecule has 9 heteroatoms. The van der Waals surface area contributed by atoms with Gasteiger partial charge in [0.15, 0.2) is 5.96 Å². The first-order chi connectivity index (χ1) is 14.7. The Labute approximate surface area is 177 Å². The van der Waals surface area contributed by atoms with Crippen LogP contribution in [0.3, 0.4) is 0 Å². The van der Waals surface area contributed by atoms with Gasteiger partial charge in [0.05, 0.1) is 6.54 Å². The number of nitrogens with one attached hydrogen (secondary N) is 2. The van der Waals surface area contributed by atoms with Crippen molar-refractivity contribution in [1.82, 2.24) is 20.2 Å². The van der Waals surface area contributed by atoms with E-state index in [1.165, 1.54) is 6.92 Å². The second-order valence-corrected chi connectivity index (χ2v) is 6.82. The fourth-order valence-electron chi connectivity index (χ4n) is 3.18. The lowest BCUT2D eigenvalue weighted by Gasteiger charge is -2.36. The molecular formula is C21H29N7O2. The van der Waals surface area contributed by atoms with Crippen molar-refractivity contribution >= 4 is 23.5 Å². The van der Waals surface area contributed by atoms with Gasteiger partial charge in [0, 0.05) is 63.8 Å². The third-order valence-corrected chi connectivity index (χ3v) is 4.53. The van der Waals surface area contributed by atoms with Crippen LogP contribution in [0.4, 0.5) is 11.6 Å². The second-order valence-electron chi connectivity index (χ2n) is 6.82. The Morgan fingerprint density at radius 3 is 2.63 bits per heavy atom. The van der Waals surface area contributed by atoms with E-state index in [1.54, 1.807) is 18.5 Å². The number of aliphatic imine (C=N–C) groups is 1. The average Bonchev–Trinajstić information content (AvgIpc) is 2.76. The van der Waals surface area contributed by atoms with Crippen molar-refractivity contribution in [1.29, 1.82) is 0 Å². The smallest absolute Gasteiger partial charge is 0.225 e. The van der Waals surface area contributed by atoms with Gasteiger partial charge < -0.3 is 25.2 Å². The monoisotopic (exact) mass is 411 g/mol. The second kappa shape index (κ2) is 11.0. The lowest BCUT2D eigenvalue weighted by Crippen LogP contribution is -2.53. The Balaban J connectivity index is 1.50. The molecule has 0 spiro atoms. The summed E-state index contributed by atoms with van der Waals surface area (Å²) >= 11 is 0. The molecule has 1 aromatic carbocycles. The molecule has 0 unspecified atom stereocenters. The molecule has 0 saturated carbocycles. The molecule has 2 aromatic rings. The molecule has 2 heterocycles. The van der Waals surface area contributed by atoms with Crippen LogP contribution in [0.5, 0.6) is 5.75 Å². The summed E-state index contributed by atoms with van der Waals surface area (Å²) in [6.07, 6.45) is 3.54. The van der Waals surface area contributed by atoms with Gasteiger partial charge in [-0.25, -0.2) is 15.0 Å². The minimum atomic E-state index is -0.106. The van der Waals surface area contributed by atoms with Crippen molar-refractivity contribution in [2.24, 2.45) is 4.99 Å². The Bertz CT molecular complexity index is 836. The number of aromatic nitrogens is 2. The number of nitrogens with zero attached hydrogens (tertiary/aromatic N) is 5. The van der Waals surface area contributed by atoms with Gasteiger partial charge in [0.1, 0.15) is 12.4 Å². The number of rotatable bonds is 7. The normalized spacial score (nSPS) is 14.4. The van der Waals surface area contributed by atoms with E-state index in [1.807, 2.05) is 24.3 Å². The molecule has 1 amide bonds. The summed E-state index contributed by atoms with van der Waals surface area (Å²) in [4.78, 5) is 29.0. The summed E-state index contributed by atoms with van der Waals surface area (Å²) in [6.45, 7) is 8.74. The standard InChI is InChI=1S/C21H29N7O2/c1-3-22-20(27-11-13-28(14-12-27)21-23-8-5-9-24-21)25-10-15-30-19-7-4-6-18(16-19)26-17(2)29/h4-9,16H,3,10-15H2,1-2H3,(H,22,25)(H,26,29). The summed E-state index contributed by atoms with van der Waals surface area (Å²) in [5.74, 6) is 2.26. The van der Waals surface area contributed by atoms with Crippen LogP contribution in [0.2, 0.25) is 0 Å². The number of amides is 1. The number of piperazine rings is 1. The maximum Gasteiger partial charge on any atom is 0.225 e. The average molecular weight is 412 g/mol. The molecule has 0 atom stereocenters. The number of carbonyl (C=O) groups excluding carboxylic acids is 1. The predicted octanol–water partition coefficient (Wildman–Crippen LogP) is 1.60. The number of guanidine groups is 1. The molecule has 0 aliphatic carbocycles. The van der Waals surface area contributed by atoms with Crippen molar-refractivity contribution in [3.8, 4) is 5.75 Å². The summed E-state index contributed by atoms with van der Waals surface area (Å²) in [6, 6.07) is 9.18. The number of carbonyl (C=O) groups is 1. The molecule has 160 valence electrons. The molecule has 3 rings (SSSR count). The van der Waals surface area contributed by atoms with E-state index in [9.17, 15) is 4.79 Å². The van der Waals surface area contributed by atoms with Crippen molar-refractivity contribution in [3.05, 3.63) is 42.7 Å². The van der Waals surface area contributed by atoms with Gasteiger partial charge in [-0.05, 0) is 25.1 Å². The van der Waals surface area contributed by atoms with E-state index >= 15 is 0 Å². The van der Waals surface area contributed by atoms with Gasteiger partial charge in [-0.1, -0.05) is 6.07 Å². The first-order valence-electron chi connectivity index (χ1n) is 10.2. The van der Waals surface area contributed by atoms with Crippen molar-refractivity contribution < 1.29 is 9.53 Å². The first kappa shape index (κ1) is 21.4. The maximum atomic E-state index is 11.2. The molecule has 0 bridgehead atoms. The molecule has 1 aliphatic rings. The largest absolute Gasteiger partial charge is 0.492 e. The summed E-state index contributed by atoms with van der Waals surface area (Å²) in [5.41, 5.74) is 0.720. The predicted molar refractivity (Wildman–Crippen MR) is 118 cm³/mol. The fourth-order valence-corrected chi connectivity index (χ4v) is 3.18. The highest BCUT2D eigenvalue weighted by atomic mass is 16.5. The summed E-state index contributed by atoms with van der Waals surface area (Å²) < 4.78 is 5.79. The highest BCUT2D eigenvalue weighted by Crippen LogP contribution is 2.17. The van der Waals surface area contributed by atoms with Crippen LogP contribution >= 0.6 is 0 Å². The maximum absolute atomic E-state index is 11.2. The zero-order valence-electron chi connectivity index (χ0n) is 17.5. The van der Waals surface area contributed by atoms with Crippen LogP contribution in [0.25, 0.3) is 0 Å². The Morgan fingerprint density at radius 1 is 1.17 bits per heavy atom. The third kappa shape index (κ3) is 6.33. The molecule has 0 radical (unpaired) electrons. The summed E-state index contributed by atoms with van der Waals surface area (Å²) in [7, 11) is 0. The fraction of sp³-hybridized carbons (Fsp3) is 0.429. The number of ether oxygens (including phenoxy) is 1. The third-order valence-electron chi connectivity index (χ3n) is 4.53. The molecule has 2 N–H and O–H groups in total. The van der Waals surface area contributed by atoms with Crippen LogP contribution in [-0.2, 0) is 4.79 Å². The van der Waals surface area contributed by atoms with Gasteiger partial charge in [-0.3, -0.25) is 4.79 Å². The van der Waals surface area contributed by atoms with Crippen LogP contribution < -0.4 is 20.3 Å². The van der Waals surface area contributed by atoms with Crippen LogP contribution in [0, 0.1) is 0 Å². The highest BCUT2D eigenvalue weighted by molar-refractivity contribution is 5.88. The zero-order chi connectivity index (χ0) is 21.2. The number of hydrogen-bond donors (Lipinski definition) is 2. The lowest BCUT2D eigenvalue weighted by molar-refractivity contribution is -0.114. The number of anilines is 2. The molecule has 9 nitrogen and oxygen atoms in total. The highest BCUT2D eigenvalue weighted by Gasteiger charge is 2.20. The Morgan fingerprint density at radius 2 is 1.93 bits per heavy atom. The van der Waals surface area contributed by atoms with Crippen molar-refractivity contribution in [2.75, 3.05) is 56.1 Å². The summed E-state index contributed by atoms with van der Waals surface area (Å²) in [5, 5.41) is 6.11. The van der Waals surface area contributed by atoms with E-state index in [-0.39, 0.29) is 5.91 Å². The molecule has 30 heavy (non-hydrogen) atoms. The van der Waals surface area contributed by atoms with E-state index in [0.29, 0.717) is 18.9 Å². The van der Waals surface area contributed by atoms with Crippen LogP contribution in [-0.4, -0.2) is 72.6 Å². The Hall–Kier alpha value is -3.36. The zero-order valence-corrected chi connectivity index (χ0v) is 17.5. The van der Waals surface area contributed by atoms with E-state index in [4.69, 9.17) is 9.73 Å². The van der Waals surface area contributed by atoms with Gasteiger partial charge in [-0.2, -0.15) is 0 Å². The topological polar surface area (TPSA) is 95.0 Å². The minimum Gasteiger partial charge on any atom is -0.492 e. The van der Waals surface area contributed by atoms with Gasteiger partial charge in [0.25, 0.3) is 0 Å². The molecule has 1 fully saturated rings. The molecular weight excluding hydrogens is 382 g/mol. The van der Waals surface area contributed by atoms with Crippen LogP contribution in [0.15, 0.2) is 47.7 Å². The Kier molecular flexibility index (Phi) is 7.82. The van der Waals surface area contributed by atoms with Crippen molar-refractivity contribution in [3.63, 3.8) is 0 Å². The molecule has 1 aliphatic heterocycles. The number of benzene rings is 1.